The number of furan rings is 1. The predicted octanol–water partition coefficient (Wildman–Crippen LogP) is 4.00. The van der Waals surface area contributed by atoms with Crippen LogP contribution >= 0.6 is 11.3 Å². The maximum atomic E-state index is 5.40. The Balaban J connectivity index is 2.15. The van der Waals surface area contributed by atoms with Crippen LogP contribution in [0.25, 0.3) is 21.8 Å². The molecule has 0 aliphatic rings. The highest BCUT2D eigenvalue weighted by Gasteiger charge is 2.10. The average molecular weight is 215 g/mol. The van der Waals surface area contributed by atoms with Gasteiger partial charge in [-0.3, -0.25) is 0 Å². The van der Waals surface area contributed by atoms with E-state index in [9.17, 15) is 0 Å². The summed E-state index contributed by atoms with van der Waals surface area (Å²) in [6, 6.07) is 8.04. The smallest absolute Gasteiger partial charge is 0.136 e. The molecule has 3 heterocycles. The Bertz CT molecular complexity index is 485. The van der Waals surface area contributed by atoms with Crippen LogP contribution in [0.15, 0.2) is 52.7 Å². The molecular formula is C12H9NOS. The van der Waals surface area contributed by atoms with E-state index in [0.717, 1.165) is 11.3 Å². The van der Waals surface area contributed by atoms with E-state index in [1.807, 2.05) is 24.5 Å². The summed E-state index contributed by atoms with van der Waals surface area (Å²) in [4.78, 5) is 4.37. The van der Waals surface area contributed by atoms with Gasteiger partial charge < -0.3 is 9.40 Å². The first-order valence-electron chi connectivity index (χ1n) is 4.70. The lowest BCUT2D eigenvalue weighted by Crippen LogP contribution is -1.72. The quantitative estimate of drug-likeness (QED) is 0.687. The van der Waals surface area contributed by atoms with E-state index in [1.54, 1.807) is 17.6 Å². The van der Waals surface area contributed by atoms with Crippen molar-refractivity contribution in [3.63, 3.8) is 0 Å². The van der Waals surface area contributed by atoms with Crippen LogP contribution in [-0.2, 0) is 0 Å². The van der Waals surface area contributed by atoms with E-state index in [-0.39, 0.29) is 0 Å². The fraction of sp³-hybridized carbons (Fsp3) is 0. The van der Waals surface area contributed by atoms with Gasteiger partial charge in [-0.15, -0.1) is 11.3 Å². The molecule has 0 aromatic carbocycles. The summed E-state index contributed by atoms with van der Waals surface area (Å²) in [6.45, 7) is 0. The van der Waals surface area contributed by atoms with Crippen molar-refractivity contribution in [1.29, 1.82) is 0 Å². The van der Waals surface area contributed by atoms with E-state index in [1.165, 1.54) is 10.4 Å². The van der Waals surface area contributed by atoms with Gasteiger partial charge in [-0.05, 0) is 23.6 Å². The molecule has 0 atom stereocenters. The molecule has 0 saturated carbocycles. The third kappa shape index (κ3) is 1.41. The second-order valence-electron chi connectivity index (χ2n) is 3.24. The van der Waals surface area contributed by atoms with E-state index in [4.69, 9.17) is 4.42 Å². The first-order chi connectivity index (χ1) is 7.45. The van der Waals surface area contributed by atoms with Gasteiger partial charge in [0.05, 0.1) is 6.26 Å². The maximum absolute atomic E-state index is 5.40. The van der Waals surface area contributed by atoms with Gasteiger partial charge in [0.25, 0.3) is 0 Å². The van der Waals surface area contributed by atoms with Gasteiger partial charge >= 0.3 is 0 Å². The predicted molar refractivity (Wildman–Crippen MR) is 61.8 cm³/mol. The Morgan fingerprint density at radius 2 is 2.00 bits per heavy atom. The minimum atomic E-state index is 0.902. The molecule has 2 nitrogen and oxygen atoms in total. The van der Waals surface area contributed by atoms with Crippen molar-refractivity contribution in [1.82, 2.24) is 4.98 Å². The number of nitrogens with one attached hydrogen (secondary N) is 1. The summed E-state index contributed by atoms with van der Waals surface area (Å²) >= 11 is 1.73. The fourth-order valence-electron chi connectivity index (χ4n) is 1.64. The van der Waals surface area contributed by atoms with E-state index < -0.39 is 0 Å². The summed E-state index contributed by atoms with van der Waals surface area (Å²) < 4.78 is 5.40. The molecule has 0 aliphatic carbocycles. The topological polar surface area (TPSA) is 28.9 Å². The summed E-state index contributed by atoms with van der Waals surface area (Å²) in [5, 5.41) is 2.08. The molecular weight excluding hydrogens is 206 g/mol. The lowest BCUT2D eigenvalue weighted by Gasteiger charge is -1.97. The normalized spacial score (nSPS) is 10.7. The van der Waals surface area contributed by atoms with Crippen molar-refractivity contribution in [3.05, 3.63) is 48.3 Å². The van der Waals surface area contributed by atoms with Gasteiger partial charge in [0.2, 0.25) is 0 Å². The summed E-state index contributed by atoms with van der Waals surface area (Å²) in [6.07, 6.45) is 5.66. The molecule has 0 radical (unpaired) electrons. The highest BCUT2D eigenvalue weighted by Crippen LogP contribution is 2.34. The van der Waals surface area contributed by atoms with Crippen LogP contribution in [-0.4, -0.2) is 4.98 Å². The van der Waals surface area contributed by atoms with Crippen LogP contribution < -0.4 is 0 Å². The molecule has 0 saturated heterocycles. The number of rotatable bonds is 2. The van der Waals surface area contributed by atoms with Gasteiger partial charge in [-0.2, -0.15) is 0 Å². The number of hydrogen-bond acceptors (Lipinski definition) is 2. The highest BCUT2D eigenvalue weighted by atomic mass is 32.1. The molecule has 3 rings (SSSR count). The van der Waals surface area contributed by atoms with E-state index >= 15 is 0 Å². The van der Waals surface area contributed by atoms with Crippen LogP contribution in [0.5, 0.6) is 0 Å². The SMILES string of the molecule is c1coc(-c2c[nH]cc2-c2cccs2)c1. The molecule has 3 aromatic heterocycles. The van der Waals surface area contributed by atoms with Gasteiger partial charge in [-0.1, -0.05) is 6.07 Å². The average Bonchev–Trinajstić information content (AvgIpc) is 3.01. The monoisotopic (exact) mass is 215 g/mol. The minimum Gasteiger partial charge on any atom is -0.464 e. The van der Waals surface area contributed by atoms with Crippen LogP contribution in [0, 0.1) is 0 Å². The summed E-state index contributed by atoms with van der Waals surface area (Å²) in [5.41, 5.74) is 2.31. The molecule has 0 bridgehead atoms. The zero-order chi connectivity index (χ0) is 10.1. The Morgan fingerprint density at radius 1 is 1.07 bits per heavy atom. The lowest BCUT2D eigenvalue weighted by molar-refractivity contribution is 0.582. The zero-order valence-corrected chi connectivity index (χ0v) is 8.75. The minimum absolute atomic E-state index is 0.902. The molecule has 3 aromatic rings. The van der Waals surface area contributed by atoms with Crippen molar-refractivity contribution >= 4 is 11.3 Å². The van der Waals surface area contributed by atoms with Crippen molar-refractivity contribution < 1.29 is 4.42 Å². The van der Waals surface area contributed by atoms with Crippen molar-refractivity contribution in [3.8, 4) is 21.8 Å². The van der Waals surface area contributed by atoms with Crippen LogP contribution in [0.3, 0.4) is 0 Å². The van der Waals surface area contributed by atoms with E-state index in [0.29, 0.717) is 0 Å². The Kier molecular flexibility index (Phi) is 1.96. The standard InChI is InChI=1S/C12H9NOS/c1-3-11(14-5-1)9-7-13-8-10(9)12-4-2-6-15-12/h1-8,13H. The Morgan fingerprint density at radius 3 is 2.73 bits per heavy atom. The second kappa shape index (κ2) is 3.44. The summed E-state index contributed by atoms with van der Waals surface area (Å²) in [5.74, 6) is 0.902. The molecule has 0 aliphatic heterocycles. The molecule has 0 fully saturated rings. The van der Waals surface area contributed by atoms with Gasteiger partial charge in [0, 0.05) is 28.4 Å². The molecule has 15 heavy (non-hydrogen) atoms. The first kappa shape index (κ1) is 8.56. The Hall–Kier alpha value is -1.74. The number of H-pyrrole nitrogens is 1. The fourth-order valence-corrected chi connectivity index (χ4v) is 2.39. The molecule has 74 valence electrons. The number of thiophene rings is 1. The number of aromatic amines is 1. The first-order valence-corrected chi connectivity index (χ1v) is 5.57. The lowest BCUT2D eigenvalue weighted by atomic mass is 10.1. The Labute approximate surface area is 91.2 Å². The van der Waals surface area contributed by atoms with Crippen LogP contribution in [0.2, 0.25) is 0 Å². The molecule has 0 spiro atoms. The number of aromatic nitrogens is 1. The van der Waals surface area contributed by atoms with Gasteiger partial charge in [-0.25, -0.2) is 0 Å². The maximum Gasteiger partial charge on any atom is 0.136 e. The largest absolute Gasteiger partial charge is 0.464 e. The van der Waals surface area contributed by atoms with Crippen molar-refractivity contribution in [2.45, 2.75) is 0 Å². The van der Waals surface area contributed by atoms with Crippen LogP contribution in [0.1, 0.15) is 0 Å². The molecule has 3 heteroatoms. The van der Waals surface area contributed by atoms with Crippen molar-refractivity contribution in [2.75, 3.05) is 0 Å². The number of hydrogen-bond donors (Lipinski definition) is 1. The molecule has 0 amide bonds. The van der Waals surface area contributed by atoms with Crippen LogP contribution in [0.4, 0.5) is 0 Å². The third-order valence-corrected chi connectivity index (χ3v) is 3.22. The van der Waals surface area contributed by atoms with Crippen molar-refractivity contribution in [2.24, 2.45) is 0 Å². The van der Waals surface area contributed by atoms with E-state index in [2.05, 4.69) is 22.5 Å². The van der Waals surface area contributed by atoms with Gasteiger partial charge in [0.1, 0.15) is 5.76 Å². The van der Waals surface area contributed by atoms with Gasteiger partial charge in [0.15, 0.2) is 0 Å². The molecule has 0 unspecified atom stereocenters. The molecule has 1 N–H and O–H groups in total. The second-order valence-corrected chi connectivity index (χ2v) is 4.18. The third-order valence-electron chi connectivity index (χ3n) is 2.32. The summed E-state index contributed by atoms with van der Waals surface area (Å²) in [7, 11) is 0. The zero-order valence-electron chi connectivity index (χ0n) is 7.94. The highest BCUT2D eigenvalue weighted by molar-refractivity contribution is 7.13.